The number of anilines is 5. The third-order valence-electron chi connectivity index (χ3n) is 4.75. The van der Waals surface area contributed by atoms with Gasteiger partial charge in [-0.1, -0.05) is 6.07 Å². The fourth-order valence-corrected chi connectivity index (χ4v) is 3.39. The predicted molar refractivity (Wildman–Crippen MR) is 118 cm³/mol. The molecule has 0 saturated carbocycles. The van der Waals surface area contributed by atoms with E-state index in [4.69, 9.17) is 9.47 Å². The average Bonchev–Trinajstić information content (AvgIpc) is 2.76. The Morgan fingerprint density at radius 1 is 0.969 bits per heavy atom. The van der Waals surface area contributed by atoms with Crippen LogP contribution in [0.2, 0.25) is 0 Å². The minimum absolute atomic E-state index is 0.00933. The number of fused-ring (bicyclic) bond motifs is 1. The molecule has 168 valence electrons. The molecule has 32 heavy (non-hydrogen) atoms. The van der Waals surface area contributed by atoms with Crippen LogP contribution in [0.15, 0.2) is 48.7 Å². The van der Waals surface area contributed by atoms with Gasteiger partial charge in [0.25, 0.3) is 0 Å². The van der Waals surface area contributed by atoms with Gasteiger partial charge in [0.2, 0.25) is 5.95 Å². The Kier molecular flexibility index (Phi) is 6.24. The summed E-state index contributed by atoms with van der Waals surface area (Å²) in [5.74, 6) is 0.755. The first-order valence-corrected chi connectivity index (χ1v) is 10.1. The van der Waals surface area contributed by atoms with Gasteiger partial charge in [-0.3, -0.25) is 0 Å². The molecule has 0 bridgehead atoms. The Bertz CT molecular complexity index is 1090. The molecular weight excluding hydrogens is 417 g/mol. The number of aliphatic hydroxyl groups is 2. The lowest BCUT2D eigenvalue weighted by Gasteiger charge is -2.30. The minimum Gasteiger partial charge on any atom is -0.486 e. The third-order valence-corrected chi connectivity index (χ3v) is 4.75. The van der Waals surface area contributed by atoms with E-state index >= 15 is 0 Å². The minimum atomic E-state index is -0.894. The first kappa shape index (κ1) is 21.6. The molecule has 0 radical (unpaired) electrons. The molecule has 0 fully saturated rings. The van der Waals surface area contributed by atoms with E-state index in [9.17, 15) is 14.6 Å². The molecule has 1 aromatic heterocycles. The fourth-order valence-electron chi connectivity index (χ4n) is 3.39. The van der Waals surface area contributed by atoms with E-state index in [1.807, 2.05) is 0 Å². The van der Waals surface area contributed by atoms with Crippen LogP contribution in [0.25, 0.3) is 0 Å². The van der Waals surface area contributed by atoms with Crippen molar-refractivity contribution in [3.63, 3.8) is 0 Å². The molecule has 1 aliphatic heterocycles. The maximum Gasteiger partial charge on any atom is 0.229 e. The summed E-state index contributed by atoms with van der Waals surface area (Å²) in [6.07, 6.45) is -0.722. The summed E-state index contributed by atoms with van der Waals surface area (Å²) in [4.78, 5) is 9.66. The van der Waals surface area contributed by atoms with Gasteiger partial charge in [-0.15, -0.1) is 0 Å². The highest BCUT2D eigenvalue weighted by molar-refractivity contribution is 5.65. The number of rotatable bonds is 7. The summed E-state index contributed by atoms with van der Waals surface area (Å²) in [7, 11) is 0. The van der Waals surface area contributed by atoms with Gasteiger partial charge in [-0.05, 0) is 44.2 Å². The van der Waals surface area contributed by atoms with Crippen LogP contribution < -0.4 is 25.0 Å². The lowest BCUT2D eigenvalue weighted by atomic mass is 10.2. The van der Waals surface area contributed by atoms with E-state index in [1.165, 1.54) is 4.90 Å². The first-order chi connectivity index (χ1) is 15.4. The Balaban J connectivity index is 1.54. The van der Waals surface area contributed by atoms with Crippen LogP contribution in [0.1, 0.15) is 13.8 Å². The van der Waals surface area contributed by atoms with E-state index in [0.717, 1.165) is 6.20 Å². The highest BCUT2D eigenvalue weighted by Gasteiger charge is 2.18. The smallest absolute Gasteiger partial charge is 0.229 e. The summed E-state index contributed by atoms with van der Waals surface area (Å²) < 4.78 is 25.4. The number of hydrogen-bond donors (Lipinski definition) is 4. The standard InChI is InChI=1S/C22H24FN5O4/c1-13(29)28(14(2)30)17-5-3-4-15(10-17)26-22-24-12-18(23)21(27-22)25-16-6-7-19-20(11-16)32-9-8-31-19/h3-7,10-14,29-30H,8-9H2,1-2H3,(H2,24,25,26,27). The lowest BCUT2D eigenvalue weighted by Crippen LogP contribution is -2.40. The normalized spacial score (nSPS) is 14.4. The average molecular weight is 441 g/mol. The van der Waals surface area contributed by atoms with E-state index in [2.05, 4.69) is 20.6 Å². The van der Waals surface area contributed by atoms with Gasteiger partial charge < -0.3 is 35.2 Å². The van der Waals surface area contributed by atoms with Crippen molar-refractivity contribution in [1.29, 1.82) is 0 Å². The highest BCUT2D eigenvalue weighted by atomic mass is 19.1. The van der Waals surface area contributed by atoms with Crippen molar-refractivity contribution in [2.75, 3.05) is 28.7 Å². The second-order valence-electron chi connectivity index (χ2n) is 7.22. The number of nitrogens with one attached hydrogen (secondary N) is 2. The number of nitrogens with zero attached hydrogens (tertiary/aromatic N) is 3. The largest absolute Gasteiger partial charge is 0.486 e. The van der Waals surface area contributed by atoms with Gasteiger partial charge in [0.15, 0.2) is 23.1 Å². The van der Waals surface area contributed by atoms with Crippen molar-refractivity contribution in [1.82, 2.24) is 9.97 Å². The van der Waals surface area contributed by atoms with Gasteiger partial charge in [-0.2, -0.15) is 4.98 Å². The van der Waals surface area contributed by atoms with Crippen LogP contribution in [0, 0.1) is 5.82 Å². The number of halogens is 1. The van der Waals surface area contributed by atoms with Crippen molar-refractivity contribution in [3.8, 4) is 11.5 Å². The van der Waals surface area contributed by atoms with Crippen molar-refractivity contribution < 1.29 is 24.1 Å². The van der Waals surface area contributed by atoms with Crippen LogP contribution in [-0.2, 0) is 0 Å². The summed E-state index contributed by atoms with van der Waals surface area (Å²) in [6.45, 7) is 4.06. The zero-order valence-corrected chi connectivity index (χ0v) is 17.6. The van der Waals surface area contributed by atoms with Crippen LogP contribution in [0.3, 0.4) is 0 Å². The predicted octanol–water partition coefficient (Wildman–Crippen LogP) is 3.36. The van der Waals surface area contributed by atoms with Gasteiger partial charge in [0.1, 0.15) is 25.7 Å². The molecule has 0 amide bonds. The Morgan fingerprint density at radius 3 is 2.44 bits per heavy atom. The SMILES string of the molecule is CC(O)N(c1cccc(Nc2ncc(F)c(Nc3ccc4c(c3)OCCO4)n2)c1)C(C)O. The second kappa shape index (κ2) is 9.25. The molecular formula is C22H24FN5O4. The zero-order chi connectivity index (χ0) is 22.7. The van der Waals surface area contributed by atoms with E-state index < -0.39 is 18.3 Å². The summed E-state index contributed by atoms with van der Waals surface area (Å²) in [5.41, 5.74) is 1.78. The molecule has 2 aromatic carbocycles. The van der Waals surface area contributed by atoms with E-state index in [-0.39, 0.29) is 11.8 Å². The number of aliphatic hydroxyl groups excluding tert-OH is 2. The maximum absolute atomic E-state index is 14.3. The second-order valence-corrected chi connectivity index (χ2v) is 7.22. The Hall–Kier alpha value is -3.63. The molecule has 0 aliphatic carbocycles. The molecule has 2 atom stereocenters. The van der Waals surface area contributed by atoms with Crippen molar-refractivity contribution >= 4 is 28.8 Å². The molecule has 3 aromatic rings. The van der Waals surface area contributed by atoms with Crippen LogP contribution in [-0.4, -0.2) is 45.9 Å². The molecule has 9 nitrogen and oxygen atoms in total. The van der Waals surface area contributed by atoms with E-state index in [0.29, 0.717) is 41.8 Å². The van der Waals surface area contributed by atoms with Gasteiger partial charge >= 0.3 is 0 Å². The molecule has 4 N–H and O–H groups in total. The van der Waals surface area contributed by atoms with Crippen molar-refractivity contribution in [2.45, 2.75) is 26.3 Å². The molecule has 0 saturated heterocycles. The first-order valence-electron chi connectivity index (χ1n) is 10.1. The summed E-state index contributed by atoms with van der Waals surface area (Å²) in [6, 6.07) is 12.2. The van der Waals surface area contributed by atoms with Gasteiger partial charge in [0.05, 0.1) is 6.20 Å². The van der Waals surface area contributed by atoms with Gasteiger partial charge in [-0.25, -0.2) is 9.37 Å². The Morgan fingerprint density at radius 2 is 1.69 bits per heavy atom. The topological polar surface area (TPSA) is 112 Å². The van der Waals surface area contributed by atoms with E-state index in [1.54, 1.807) is 56.3 Å². The summed E-state index contributed by atoms with van der Waals surface area (Å²) in [5, 5.41) is 25.9. The number of benzene rings is 2. The lowest BCUT2D eigenvalue weighted by molar-refractivity contribution is 0.105. The van der Waals surface area contributed by atoms with Crippen LogP contribution >= 0.6 is 0 Å². The Labute approximate surface area is 184 Å². The molecule has 2 heterocycles. The molecule has 2 unspecified atom stereocenters. The van der Waals surface area contributed by atoms with Crippen molar-refractivity contribution in [3.05, 3.63) is 54.5 Å². The molecule has 10 heteroatoms. The zero-order valence-electron chi connectivity index (χ0n) is 17.6. The number of ether oxygens (including phenoxy) is 2. The van der Waals surface area contributed by atoms with Crippen molar-refractivity contribution in [2.24, 2.45) is 0 Å². The maximum atomic E-state index is 14.3. The van der Waals surface area contributed by atoms with Crippen LogP contribution in [0.5, 0.6) is 11.5 Å². The molecule has 1 aliphatic rings. The monoisotopic (exact) mass is 441 g/mol. The summed E-state index contributed by atoms with van der Waals surface area (Å²) >= 11 is 0. The molecule has 4 rings (SSSR count). The highest BCUT2D eigenvalue weighted by Crippen LogP contribution is 2.34. The quantitative estimate of drug-likeness (QED) is 0.410. The van der Waals surface area contributed by atoms with Gasteiger partial charge in [0, 0.05) is 23.1 Å². The van der Waals surface area contributed by atoms with Crippen LogP contribution in [0.4, 0.5) is 33.2 Å². The molecule has 0 spiro atoms. The fraction of sp³-hybridized carbons (Fsp3) is 0.273. The number of hydrogen-bond acceptors (Lipinski definition) is 9. The number of aromatic nitrogens is 2. The third kappa shape index (κ3) is 4.82.